The maximum Gasteiger partial charge on any atom is 0.130 e. The molecule has 0 aliphatic carbocycles. The molecule has 0 saturated carbocycles. The number of pyridine rings is 1. The van der Waals surface area contributed by atoms with Crippen molar-refractivity contribution in [3.8, 4) is 0 Å². The summed E-state index contributed by atoms with van der Waals surface area (Å²) in [7, 11) is 0. The van der Waals surface area contributed by atoms with Crippen molar-refractivity contribution in [2.24, 2.45) is 5.73 Å². The minimum Gasteiger partial charge on any atom is -0.324 e. The van der Waals surface area contributed by atoms with Crippen molar-refractivity contribution in [1.82, 2.24) is 4.98 Å². The molecule has 0 saturated heterocycles. The van der Waals surface area contributed by atoms with E-state index in [1.165, 1.54) is 12.1 Å². The van der Waals surface area contributed by atoms with Gasteiger partial charge >= 0.3 is 0 Å². The summed E-state index contributed by atoms with van der Waals surface area (Å²) >= 11 is 0. The van der Waals surface area contributed by atoms with E-state index < -0.39 is 17.7 Å². The van der Waals surface area contributed by atoms with Crippen molar-refractivity contribution >= 4 is 0 Å². The van der Waals surface area contributed by atoms with Gasteiger partial charge in [-0.3, -0.25) is 4.98 Å². The molecule has 2 rings (SSSR count). The summed E-state index contributed by atoms with van der Waals surface area (Å²) in [4.78, 5) is 3.89. The standard InChI is InChI=1S/C13H12F2N2/c14-10-1-2-11(12(15)8-10)13(16)7-9-3-5-17-6-4-9/h1-6,8,13H,7,16H2. The lowest BCUT2D eigenvalue weighted by atomic mass is 10.00. The predicted octanol–water partition coefficient (Wildman–Crippen LogP) is 2.60. The van der Waals surface area contributed by atoms with Crippen LogP contribution in [0.5, 0.6) is 0 Å². The van der Waals surface area contributed by atoms with Crippen LogP contribution in [0.2, 0.25) is 0 Å². The van der Waals surface area contributed by atoms with E-state index in [9.17, 15) is 8.78 Å². The van der Waals surface area contributed by atoms with E-state index in [1.54, 1.807) is 12.4 Å². The highest BCUT2D eigenvalue weighted by Crippen LogP contribution is 2.19. The van der Waals surface area contributed by atoms with E-state index in [4.69, 9.17) is 5.73 Å². The minimum absolute atomic E-state index is 0.322. The van der Waals surface area contributed by atoms with Gasteiger partial charge in [-0.05, 0) is 30.2 Å². The Morgan fingerprint density at radius 3 is 2.47 bits per heavy atom. The van der Waals surface area contributed by atoms with Crippen LogP contribution in [0.15, 0.2) is 42.7 Å². The maximum absolute atomic E-state index is 13.5. The van der Waals surface area contributed by atoms with Gasteiger partial charge in [0.1, 0.15) is 11.6 Å². The van der Waals surface area contributed by atoms with Crippen LogP contribution < -0.4 is 5.73 Å². The molecule has 0 aliphatic rings. The Labute approximate surface area is 98.1 Å². The number of hydrogen-bond acceptors (Lipinski definition) is 2. The average molecular weight is 234 g/mol. The van der Waals surface area contributed by atoms with Crippen molar-refractivity contribution in [2.75, 3.05) is 0 Å². The number of halogens is 2. The fraction of sp³-hybridized carbons (Fsp3) is 0.154. The summed E-state index contributed by atoms with van der Waals surface area (Å²) in [5.41, 5.74) is 7.19. The SMILES string of the molecule is NC(Cc1ccncc1)c1ccc(F)cc1F. The molecule has 2 N–H and O–H groups in total. The van der Waals surface area contributed by atoms with Crippen molar-refractivity contribution in [3.05, 3.63) is 65.5 Å². The van der Waals surface area contributed by atoms with E-state index >= 15 is 0 Å². The highest BCUT2D eigenvalue weighted by molar-refractivity contribution is 5.24. The smallest absolute Gasteiger partial charge is 0.130 e. The molecule has 17 heavy (non-hydrogen) atoms. The number of benzene rings is 1. The van der Waals surface area contributed by atoms with Gasteiger partial charge in [-0.25, -0.2) is 8.78 Å². The van der Waals surface area contributed by atoms with Crippen LogP contribution in [0.4, 0.5) is 8.78 Å². The Morgan fingerprint density at radius 1 is 1.12 bits per heavy atom. The van der Waals surface area contributed by atoms with Crippen molar-refractivity contribution in [2.45, 2.75) is 12.5 Å². The van der Waals surface area contributed by atoms with E-state index in [1.807, 2.05) is 12.1 Å². The third kappa shape index (κ3) is 2.85. The lowest BCUT2D eigenvalue weighted by Crippen LogP contribution is -2.15. The Bertz CT molecular complexity index is 500. The molecule has 88 valence electrons. The Morgan fingerprint density at radius 2 is 1.82 bits per heavy atom. The van der Waals surface area contributed by atoms with Gasteiger partial charge in [0, 0.05) is 30.1 Å². The highest BCUT2D eigenvalue weighted by atomic mass is 19.1. The number of nitrogens with two attached hydrogens (primary N) is 1. The number of hydrogen-bond donors (Lipinski definition) is 1. The first-order valence-electron chi connectivity index (χ1n) is 5.26. The van der Waals surface area contributed by atoms with Crippen LogP contribution in [0, 0.1) is 11.6 Å². The van der Waals surface area contributed by atoms with Gasteiger partial charge in [0.05, 0.1) is 0 Å². The van der Waals surface area contributed by atoms with E-state index in [0.717, 1.165) is 11.6 Å². The van der Waals surface area contributed by atoms with E-state index in [0.29, 0.717) is 12.0 Å². The molecule has 1 unspecified atom stereocenters. The first-order chi connectivity index (χ1) is 8.16. The fourth-order valence-corrected chi connectivity index (χ4v) is 1.68. The molecular formula is C13H12F2N2. The molecule has 0 fully saturated rings. The third-order valence-corrected chi connectivity index (χ3v) is 2.57. The van der Waals surface area contributed by atoms with Gasteiger partial charge in [-0.15, -0.1) is 0 Å². The first-order valence-corrected chi connectivity index (χ1v) is 5.26. The number of rotatable bonds is 3. The zero-order valence-corrected chi connectivity index (χ0v) is 9.11. The minimum atomic E-state index is -0.605. The normalized spacial score (nSPS) is 12.4. The molecule has 0 radical (unpaired) electrons. The summed E-state index contributed by atoms with van der Waals surface area (Å²) in [6.07, 6.45) is 3.80. The molecule has 0 bridgehead atoms. The summed E-state index contributed by atoms with van der Waals surface area (Å²) < 4.78 is 26.2. The van der Waals surface area contributed by atoms with Crippen molar-refractivity contribution in [1.29, 1.82) is 0 Å². The van der Waals surface area contributed by atoms with Gasteiger partial charge in [0.25, 0.3) is 0 Å². The lowest BCUT2D eigenvalue weighted by molar-refractivity contribution is 0.554. The van der Waals surface area contributed by atoms with Crippen LogP contribution in [-0.2, 0) is 6.42 Å². The average Bonchev–Trinajstić information content (AvgIpc) is 2.30. The van der Waals surface area contributed by atoms with Crippen LogP contribution in [0.25, 0.3) is 0 Å². The highest BCUT2D eigenvalue weighted by Gasteiger charge is 2.12. The van der Waals surface area contributed by atoms with Crippen LogP contribution >= 0.6 is 0 Å². The number of aromatic nitrogens is 1. The van der Waals surface area contributed by atoms with E-state index in [-0.39, 0.29) is 0 Å². The molecule has 0 amide bonds. The van der Waals surface area contributed by atoms with Crippen LogP contribution in [0.3, 0.4) is 0 Å². The second kappa shape index (κ2) is 5.01. The zero-order chi connectivity index (χ0) is 12.3. The molecule has 4 heteroatoms. The van der Waals surface area contributed by atoms with Gasteiger partial charge in [-0.2, -0.15) is 0 Å². The van der Waals surface area contributed by atoms with Gasteiger partial charge in [0.15, 0.2) is 0 Å². The molecule has 2 aromatic rings. The summed E-state index contributed by atoms with van der Waals surface area (Å²) in [6, 6.07) is 6.60. The van der Waals surface area contributed by atoms with Gasteiger partial charge in [0.2, 0.25) is 0 Å². The molecule has 1 aromatic carbocycles. The Balaban J connectivity index is 2.17. The molecule has 1 aromatic heterocycles. The topological polar surface area (TPSA) is 38.9 Å². The van der Waals surface area contributed by atoms with Crippen LogP contribution in [-0.4, -0.2) is 4.98 Å². The maximum atomic E-state index is 13.5. The Kier molecular flexibility index (Phi) is 3.44. The summed E-state index contributed by atoms with van der Waals surface area (Å²) in [6.45, 7) is 0. The third-order valence-electron chi connectivity index (χ3n) is 2.57. The quantitative estimate of drug-likeness (QED) is 0.886. The summed E-state index contributed by atoms with van der Waals surface area (Å²) in [5, 5.41) is 0. The first kappa shape index (κ1) is 11.7. The molecule has 1 atom stereocenters. The second-order valence-corrected chi connectivity index (χ2v) is 3.83. The molecular weight excluding hydrogens is 222 g/mol. The molecule has 2 nitrogen and oxygen atoms in total. The van der Waals surface area contributed by atoms with E-state index in [2.05, 4.69) is 4.98 Å². The largest absolute Gasteiger partial charge is 0.324 e. The monoisotopic (exact) mass is 234 g/mol. The summed E-state index contributed by atoms with van der Waals surface area (Å²) in [5.74, 6) is -1.20. The van der Waals surface area contributed by atoms with Crippen molar-refractivity contribution in [3.63, 3.8) is 0 Å². The lowest BCUT2D eigenvalue weighted by Gasteiger charge is -2.12. The van der Waals surface area contributed by atoms with Gasteiger partial charge < -0.3 is 5.73 Å². The zero-order valence-electron chi connectivity index (χ0n) is 9.11. The predicted molar refractivity (Wildman–Crippen MR) is 61.2 cm³/mol. The molecule has 0 aliphatic heterocycles. The Hall–Kier alpha value is -1.81. The molecule has 0 spiro atoms. The second-order valence-electron chi connectivity index (χ2n) is 3.83. The van der Waals surface area contributed by atoms with Gasteiger partial charge in [-0.1, -0.05) is 6.07 Å². The molecule has 1 heterocycles. The van der Waals surface area contributed by atoms with Crippen molar-refractivity contribution < 1.29 is 8.78 Å². The van der Waals surface area contributed by atoms with Crippen LogP contribution in [0.1, 0.15) is 17.2 Å². The number of nitrogens with zero attached hydrogens (tertiary/aromatic N) is 1. The fourth-order valence-electron chi connectivity index (χ4n) is 1.68.